The molecule has 1 aliphatic heterocycles. The highest BCUT2D eigenvalue weighted by atomic mass is 32.2. The van der Waals surface area contributed by atoms with Crippen LogP contribution < -0.4 is 9.47 Å². The van der Waals surface area contributed by atoms with Crippen molar-refractivity contribution in [1.82, 2.24) is 0 Å². The zero-order valence-corrected chi connectivity index (χ0v) is 10.9. The highest BCUT2D eigenvalue weighted by Gasteiger charge is 2.20. The fourth-order valence-electron chi connectivity index (χ4n) is 2.05. The summed E-state index contributed by atoms with van der Waals surface area (Å²) >= 11 is 1.97. The van der Waals surface area contributed by atoms with Crippen LogP contribution in [0.2, 0.25) is 0 Å². The van der Waals surface area contributed by atoms with Gasteiger partial charge in [0.15, 0.2) is 11.5 Å². The highest BCUT2D eigenvalue weighted by Crippen LogP contribution is 2.42. The number of hydrogen-bond donors (Lipinski definition) is 0. The first-order valence-electron chi connectivity index (χ1n) is 5.70. The minimum absolute atomic E-state index is 0.755. The molecule has 0 bridgehead atoms. The molecule has 1 atom stereocenters. The molecule has 2 nitrogen and oxygen atoms in total. The summed E-state index contributed by atoms with van der Waals surface area (Å²) in [6.07, 6.45) is 3.66. The molecule has 2 rings (SSSR count). The van der Waals surface area contributed by atoms with E-state index in [1.807, 2.05) is 11.8 Å². The molecule has 0 N–H and O–H groups in total. The van der Waals surface area contributed by atoms with Crippen molar-refractivity contribution in [3.63, 3.8) is 0 Å². The summed E-state index contributed by atoms with van der Waals surface area (Å²) in [4.78, 5) is 1.36. The standard InChI is InChI=1S/C13H18O2S/c1-4-10-6-5-9-7-11(14-2)12(15-3)8-13(9)16-10/h7-8,10H,4-6H2,1-3H3. The Morgan fingerprint density at radius 3 is 2.56 bits per heavy atom. The second-order valence-corrected chi connectivity index (χ2v) is 5.34. The van der Waals surface area contributed by atoms with Crippen LogP contribution in [-0.2, 0) is 6.42 Å². The summed E-state index contributed by atoms with van der Waals surface area (Å²) in [5, 5.41) is 0.755. The number of fused-ring (bicyclic) bond motifs is 1. The van der Waals surface area contributed by atoms with Crippen molar-refractivity contribution in [2.75, 3.05) is 14.2 Å². The molecule has 1 aliphatic rings. The van der Waals surface area contributed by atoms with Crippen molar-refractivity contribution in [3.8, 4) is 11.5 Å². The molecule has 0 saturated heterocycles. The third-order valence-corrected chi connectivity index (χ3v) is 4.59. The van der Waals surface area contributed by atoms with Gasteiger partial charge in [-0.15, -0.1) is 11.8 Å². The van der Waals surface area contributed by atoms with Crippen molar-refractivity contribution in [2.24, 2.45) is 0 Å². The Hall–Kier alpha value is -0.830. The van der Waals surface area contributed by atoms with E-state index in [0.717, 1.165) is 23.2 Å². The molecule has 1 aromatic carbocycles. The normalized spacial score (nSPS) is 19.1. The van der Waals surface area contributed by atoms with Crippen molar-refractivity contribution < 1.29 is 9.47 Å². The summed E-state index contributed by atoms with van der Waals surface area (Å²) in [5.41, 5.74) is 1.40. The van der Waals surface area contributed by atoms with Gasteiger partial charge in [-0.05, 0) is 37.0 Å². The Morgan fingerprint density at radius 1 is 1.25 bits per heavy atom. The molecule has 0 radical (unpaired) electrons. The van der Waals surface area contributed by atoms with Crippen LogP contribution in [0.3, 0.4) is 0 Å². The first-order chi connectivity index (χ1) is 7.78. The van der Waals surface area contributed by atoms with Gasteiger partial charge in [-0.25, -0.2) is 0 Å². The summed E-state index contributed by atoms with van der Waals surface area (Å²) in [6, 6.07) is 4.23. The molecule has 3 heteroatoms. The van der Waals surface area contributed by atoms with Crippen LogP contribution in [0.1, 0.15) is 25.3 Å². The highest BCUT2D eigenvalue weighted by molar-refractivity contribution is 8.00. The van der Waals surface area contributed by atoms with E-state index in [0.29, 0.717) is 0 Å². The molecule has 0 aromatic heterocycles. The van der Waals surface area contributed by atoms with Gasteiger partial charge in [0.1, 0.15) is 0 Å². The first-order valence-corrected chi connectivity index (χ1v) is 6.58. The maximum Gasteiger partial charge on any atom is 0.161 e. The summed E-state index contributed by atoms with van der Waals surface area (Å²) in [6.45, 7) is 2.25. The number of thioether (sulfide) groups is 1. The van der Waals surface area contributed by atoms with E-state index in [9.17, 15) is 0 Å². The zero-order valence-electron chi connectivity index (χ0n) is 10.1. The maximum atomic E-state index is 5.33. The number of ether oxygens (including phenoxy) is 2. The average molecular weight is 238 g/mol. The zero-order chi connectivity index (χ0) is 11.5. The molecular formula is C13H18O2S. The van der Waals surface area contributed by atoms with E-state index in [4.69, 9.17) is 9.47 Å². The largest absolute Gasteiger partial charge is 0.493 e. The van der Waals surface area contributed by atoms with Gasteiger partial charge in [0, 0.05) is 10.1 Å². The van der Waals surface area contributed by atoms with Gasteiger partial charge in [0.05, 0.1) is 14.2 Å². The van der Waals surface area contributed by atoms with E-state index >= 15 is 0 Å². The number of aryl methyl sites for hydroxylation is 1. The van der Waals surface area contributed by atoms with E-state index in [-0.39, 0.29) is 0 Å². The van der Waals surface area contributed by atoms with Crippen LogP contribution in [0.25, 0.3) is 0 Å². The van der Waals surface area contributed by atoms with Gasteiger partial charge in [0.2, 0.25) is 0 Å². The predicted octanol–water partition coefficient (Wildman–Crippen LogP) is 3.52. The Labute approximate surface area is 101 Å². The SMILES string of the molecule is CCC1CCc2cc(OC)c(OC)cc2S1. The molecule has 0 amide bonds. The minimum atomic E-state index is 0.755. The second-order valence-electron chi connectivity index (χ2n) is 4.00. The van der Waals surface area contributed by atoms with Crippen LogP contribution in [0.15, 0.2) is 17.0 Å². The first kappa shape index (κ1) is 11.6. The van der Waals surface area contributed by atoms with Crippen molar-refractivity contribution >= 4 is 11.8 Å². The van der Waals surface area contributed by atoms with Gasteiger partial charge in [0.25, 0.3) is 0 Å². The topological polar surface area (TPSA) is 18.5 Å². The molecule has 1 unspecified atom stereocenters. The molecular weight excluding hydrogens is 220 g/mol. The summed E-state index contributed by atoms with van der Waals surface area (Å²) < 4.78 is 10.7. The fourth-order valence-corrected chi connectivity index (χ4v) is 3.30. The molecule has 0 spiro atoms. The van der Waals surface area contributed by atoms with Gasteiger partial charge in [-0.3, -0.25) is 0 Å². The van der Waals surface area contributed by atoms with Gasteiger partial charge in [-0.2, -0.15) is 0 Å². The second kappa shape index (κ2) is 5.00. The van der Waals surface area contributed by atoms with E-state index in [1.165, 1.54) is 23.3 Å². The number of methoxy groups -OCH3 is 2. The van der Waals surface area contributed by atoms with E-state index in [2.05, 4.69) is 19.1 Å². The third-order valence-electron chi connectivity index (χ3n) is 3.05. The lowest BCUT2D eigenvalue weighted by Crippen LogP contribution is -2.10. The van der Waals surface area contributed by atoms with Gasteiger partial charge < -0.3 is 9.47 Å². The third kappa shape index (κ3) is 2.14. The lowest BCUT2D eigenvalue weighted by molar-refractivity contribution is 0.353. The molecule has 88 valence electrons. The van der Waals surface area contributed by atoms with E-state index < -0.39 is 0 Å². The lowest BCUT2D eigenvalue weighted by atomic mass is 10.1. The predicted molar refractivity (Wildman–Crippen MR) is 67.8 cm³/mol. The van der Waals surface area contributed by atoms with Gasteiger partial charge in [-0.1, -0.05) is 6.92 Å². The van der Waals surface area contributed by atoms with Crippen LogP contribution in [-0.4, -0.2) is 19.5 Å². The van der Waals surface area contributed by atoms with Crippen LogP contribution in [0.5, 0.6) is 11.5 Å². The van der Waals surface area contributed by atoms with Crippen LogP contribution in [0, 0.1) is 0 Å². The van der Waals surface area contributed by atoms with Gasteiger partial charge >= 0.3 is 0 Å². The molecule has 1 aromatic rings. The molecule has 1 heterocycles. The Balaban J connectivity index is 2.34. The lowest BCUT2D eigenvalue weighted by Gasteiger charge is -2.24. The van der Waals surface area contributed by atoms with E-state index in [1.54, 1.807) is 14.2 Å². The number of benzene rings is 1. The average Bonchev–Trinajstić information content (AvgIpc) is 2.36. The maximum absolute atomic E-state index is 5.33. The minimum Gasteiger partial charge on any atom is -0.493 e. The summed E-state index contributed by atoms with van der Waals surface area (Å²) in [7, 11) is 3.38. The number of rotatable bonds is 3. The Kier molecular flexibility index (Phi) is 3.64. The van der Waals surface area contributed by atoms with Crippen molar-refractivity contribution in [3.05, 3.63) is 17.7 Å². The molecule has 0 fully saturated rings. The fraction of sp³-hybridized carbons (Fsp3) is 0.538. The van der Waals surface area contributed by atoms with Crippen LogP contribution >= 0.6 is 11.8 Å². The van der Waals surface area contributed by atoms with Crippen molar-refractivity contribution in [1.29, 1.82) is 0 Å². The monoisotopic (exact) mass is 238 g/mol. The Morgan fingerprint density at radius 2 is 1.94 bits per heavy atom. The molecule has 16 heavy (non-hydrogen) atoms. The molecule has 0 saturated carbocycles. The Bertz CT molecular complexity index is 376. The summed E-state index contributed by atoms with van der Waals surface area (Å²) in [5.74, 6) is 1.68. The quantitative estimate of drug-likeness (QED) is 0.802. The number of hydrogen-bond acceptors (Lipinski definition) is 3. The molecule has 0 aliphatic carbocycles. The smallest absolute Gasteiger partial charge is 0.161 e. The van der Waals surface area contributed by atoms with Crippen LogP contribution in [0.4, 0.5) is 0 Å². The van der Waals surface area contributed by atoms with Crippen molar-refractivity contribution in [2.45, 2.75) is 36.3 Å².